The van der Waals surface area contributed by atoms with Crippen LogP contribution in [0.3, 0.4) is 0 Å². The number of aryl methyl sites for hydroxylation is 1. The maximum absolute atomic E-state index is 4.18. The van der Waals surface area contributed by atoms with Gasteiger partial charge in [0.05, 0.1) is 11.9 Å². The van der Waals surface area contributed by atoms with Gasteiger partial charge in [-0.05, 0) is 37.4 Å². The monoisotopic (exact) mass is 286 g/mol. The molecule has 1 heterocycles. The van der Waals surface area contributed by atoms with Gasteiger partial charge in [-0.3, -0.25) is 0 Å². The van der Waals surface area contributed by atoms with Gasteiger partial charge in [-0.25, -0.2) is 4.68 Å². The summed E-state index contributed by atoms with van der Waals surface area (Å²) in [5.41, 5.74) is 3.64. The molecule has 0 spiro atoms. The van der Waals surface area contributed by atoms with Gasteiger partial charge in [0.1, 0.15) is 0 Å². The highest BCUT2D eigenvalue weighted by Crippen LogP contribution is 2.24. The quantitative estimate of drug-likeness (QED) is 0.802. The average molecular weight is 286 g/mol. The van der Waals surface area contributed by atoms with Crippen LogP contribution in [-0.2, 0) is 6.54 Å². The number of aromatic nitrogens is 3. The largest absolute Gasteiger partial charge is 0.310 e. The summed E-state index contributed by atoms with van der Waals surface area (Å²) in [6, 6.07) is 9.15. The lowest BCUT2D eigenvalue weighted by Crippen LogP contribution is -2.21. The van der Waals surface area contributed by atoms with Crippen LogP contribution in [0.15, 0.2) is 30.5 Å². The van der Waals surface area contributed by atoms with Crippen LogP contribution >= 0.6 is 0 Å². The predicted octanol–water partition coefficient (Wildman–Crippen LogP) is 3.81. The van der Waals surface area contributed by atoms with Gasteiger partial charge in [-0.15, -0.1) is 5.10 Å². The number of hydrogen-bond donors (Lipinski definition) is 1. The Kier molecular flexibility index (Phi) is 5.93. The second-order valence-electron chi connectivity index (χ2n) is 5.38. The van der Waals surface area contributed by atoms with E-state index in [9.17, 15) is 0 Å². The van der Waals surface area contributed by atoms with Crippen LogP contribution in [0, 0.1) is 0 Å². The Labute approximate surface area is 127 Å². The first-order valence-electron chi connectivity index (χ1n) is 8.02. The molecule has 114 valence electrons. The molecule has 0 saturated carbocycles. The Morgan fingerprint density at radius 3 is 2.76 bits per heavy atom. The van der Waals surface area contributed by atoms with Gasteiger partial charge in [0, 0.05) is 18.2 Å². The number of benzene rings is 1. The van der Waals surface area contributed by atoms with E-state index in [0.717, 1.165) is 38.0 Å². The van der Waals surface area contributed by atoms with Crippen molar-refractivity contribution >= 4 is 0 Å². The zero-order valence-electron chi connectivity index (χ0n) is 13.3. The number of hydrogen-bond acceptors (Lipinski definition) is 3. The minimum Gasteiger partial charge on any atom is -0.310 e. The molecular formula is C17H26N4. The molecular weight excluding hydrogens is 260 g/mol. The SMILES string of the molecule is CCCNC(CC)c1cccc(-c2cnnn2CCC)c1. The molecule has 1 N–H and O–H groups in total. The second kappa shape index (κ2) is 7.93. The summed E-state index contributed by atoms with van der Waals surface area (Å²) in [5.74, 6) is 0. The molecule has 4 nitrogen and oxygen atoms in total. The van der Waals surface area contributed by atoms with E-state index in [0.29, 0.717) is 6.04 Å². The van der Waals surface area contributed by atoms with Crippen molar-refractivity contribution in [2.24, 2.45) is 0 Å². The molecule has 0 radical (unpaired) electrons. The second-order valence-corrected chi connectivity index (χ2v) is 5.38. The van der Waals surface area contributed by atoms with E-state index in [4.69, 9.17) is 0 Å². The van der Waals surface area contributed by atoms with Gasteiger partial charge < -0.3 is 5.32 Å². The van der Waals surface area contributed by atoms with Crippen molar-refractivity contribution in [3.05, 3.63) is 36.0 Å². The summed E-state index contributed by atoms with van der Waals surface area (Å²) < 4.78 is 1.99. The van der Waals surface area contributed by atoms with E-state index in [1.807, 2.05) is 10.9 Å². The number of nitrogens with zero attached hydrogens (tertiary/aromatic N) is 3. The summed E-state index contributed by atoms with van der Waals surface area (Å²) in [6.07, 6.45) is 5.17. The van der Waals surface area contributed by atoms with E-state index < -0.39 is 0 Å². The number of nitrogens with one attached hydrogen (secondary N) is 1. The van der Waals surface area contributed by atoms with Crippen molar-refractivity contribution in [3.8, 4) is 11.3 Å². The van der Waals surface area contributed by atoms with Crippen LogP contribution in [0.25, 0.3) is 11.3 Å². The molecule has 0 aliphatic heterocycles. The average Bonchev–Trinajstić information content (AvgIpc) is 2.97. The number of rotatable bonds is 8. The van der Waals surface area contributed by atoms with Crippen molar-refractivity contribution in [1.82, 2.24) is 20.3 Å². The first-order valence-corrected chi connectivity index (χ1v) is 8.02. The lowest BCUT2D eigenvalue weighted by molar-refractivity contribution is 0.518. The summed E-state index contributed by atoms with van der Waals surface area (Å²) in [4.78, 5) is 0. The Morgan fingerprint density at radius 2 is 2.05 bits per heavy atom. The Balaban J connectivity index is 2.25. The van der Waals surface area contributed by atoms with Gasteiger partial charge in [-0.2, -0.15) is 0 Å². The van der Waals surface area contributed by atoms with Crippen LogP contribution in [0.5, 0.6) is 0 Å². The Hall–Kier alpha value is -1.68. The molecule has 0 fully saturated rings. The van der Waals surface area contributed by atoms with E-state index in [1.54, 1.807) is 0 Å². The van der Waals surface area contributed by atoms with E-state index in [2.05, 4.69) is 60.7 Å². The molecule has 1 unspecified atom stereocenters. The maximum Gasteiger partial charge on any atom is 0.0885 e. The Morgan fingerprint density at radius 1 is 1.19 bits per heavy atom. The molecule has 1 aromatic heterocycles. The third-order valence-corrected chi connectivity index (χ3v) is 3.69. The van der Waals surface area contributed by atoms with Gasteiger partial charge in [0.25, 0.3) is 0 Å². The van der Waals surface area contributed by atoms with Crippen molar-refractivity contribution < 1.29 is 0 Å². The smallest absolute Gasteiger partial charge is 0.0885 e. The molecule has 0 bridgehead atoms. The van der Waals surface area contributed by atoms with Crippen LogP contribution in [0.1, 0.15) is 51.6 Å². The summed E-state index contributed by atoms with van der Waals surface area (Å²) in [7, 11) is 0. The van der Waals surface area contributed by atoms with E-state index in [1.165, 1.54) is 11.1 Å². The van der Waals surface area contributed by atoms with Crippen molar-refractivity contribution in [2.45, 2.75) is 52.6 Å². The topological polar surface area (TPSA) is 42.7 Å². The Bertz CT molecular complexity index is 547. The van der Waals surface area contributed by atoms with Crippen LogP contribution in [0.2, 0.25) is 0 Å². The first kappa shape index (κ1) is 15.7. The molecule has 2 rings (SSSR count). The van der Waals surface area contributed by atoms with E-state index >= 15 is 0 Å². The van der Waals surface area contributed by atoms with Gasteiger partial charge >= 0.3 is 0 Å². The minimum absolute atomic E-state index is 0.417. The fraction of sp³-hybridized carbons (Fsp3) is 0.529. The van der Waals surface area contributed by atoms with E-state index in [-0.39, 0.29) is 0 Å². The highest BCUT2D eigenvalue weighted by Gasteiger charge is 2.11. The van der Waals surface area contributed by atoms with Crippen LogP contribution in [-0.4, -0.2) is 21.5 Å². The normalized spacial score (nSPS) is 12.5. The van der Waals surface area contributed by atoms with Crippen molar-refractivity contribution in [1.29, 1.82) is 0 Å². The highest BCUT2D eigenvalue weighted by molar-refractivity contribution is 5.59. The predicted molar refractivity (Wildman–Crippen MR) is 87.1 cm³/mol. The van der Waals surface area contributed by atoms with Crippen molar-refractivity contribution in [3.63, 3.8) is 0 Å². The molecule has 0 saturated heterocycles. The fourth-order valence-electron chi connectivity index (χ4n) is 2.59. The summed E-state index contributed by atoms with van der Waals surface area (Å²) in [6.45, 7) is 8.54. The maximum atomic E-state index is 4.18. The van der Waals surface area contributed by atoms with Crippen molar-refractivity contribution in [2.75, 3.05) is 6.54 Å². The van der Waals surface area contributed by atoms with Gasteiger partial charge in [-0.1, -0.05) is 44.2 Å². The summed E-state index contributed by atoms with van der Waals surface area (Å²) >= 11 is 0. The fourth-order valence-corrected chi connectivity index (χ4v) is 2.59. The standard InChI is InChI=1S/C17H26N4/c1-4-10-18-16(6-3)14-8-7-9-15(12-14)17-13-19-20-21(17)11-5-2/h7-9,12-13,16,18H,4-6,10-11H2,1-3H3. The summed E-state index contributed by atoms with van der Waals surface area (Å²) in [5, 5.41) is 11.8. The third-order valence-electron chi connectivity index (χ3n) is 3.69. The lowest BCUT2D eigenvalue weighted by Gasteiger charge is -2.18. The molecule has 1 atom stereocenters. The minimum atomic E-state index is 0.417. The molecule has 0 aliphatic rings. The van der Waals surface area contributed by atoms with Crippen LogP contribution in [0.4, 0.5) is 0 Å². The van der Waals surface area contributed by atoms with Gasteiger partial charge in [0.15, 0.2) is 0 Å². The van der Waals surface area contributed by atoms with Crippen LogP contribution < -0.4 is 5.32 Å². The molecule has 21 heavy (non-hydrogen) atoms. The zero-order chi connectivity index (χ0) is 15.1. The molecule has 2 aromatic rings. The highest BCUT2D eigenvalue weighted by atomic mass is 15.4. The zero-order valence-corrected chi connectivity index (χ0v) is 13.3. The third kappa shape index (κ3) is 3.91. The molecule has 1 aromatic carbocycles. The first-order chi connectivity index (χ1) is 10.3. The lowest BCUT2D eigenvalue weighted by atomic mass is 10.0. The molecule has 0 aliphatic carbocycles. The molecule has 0 amide bonds. The molecule has 4 heteroatoms. The van der Waals surface area contributed by atoms with Gasteiger partial charge in [0.2, 0.25) is 0 Å².